The molecule has 2 aromatic rings. The minimum Gasteiger partial charge on any atom is -0.507 e. The first kappa shape index (κ1) is 13.4. The molecule has 0 atom stereocenters. The molecular weight excluding hydrogens is 232 g/mol. The summed E-state index contributed by atoms with van der Waals surface area (Å²) in [5.74, 6) is 0.379. The summed E-state index contributed by atoms with van der Waals surface area (Å²) < 4.78 is 0. The smallest absolute Gasteiger partial charge is 0.126 e. The van der Waals surface area contributed by atoms with E-state index in [0.29, 0.717) is 12.2 Å². The first-order chi connectivity index (χ1) is 8.99. The summed E-state index contributed by atoms with van der Waals surface area (Å²) in [6.45, 7) is 11.9. The molecule has 0 aliphatic carbocycles. The number of phenols is 1. The fraction of sp³-hybridized carbons (Fsp3) is 0.222. The summed E-state index contributed by atoms with van der Waals surface area (Å²) in [6, 6.07) is 10.1. The summed E-state index contributed by atoms with van der Waals surface area (Å²) in [5, 5.41) is 12.4. The maximum absolute atomic E-state index is 10.4. The number of hydrogen-bond donors (Lipinski definition) is 1. The Hall–Kier alpha value is -2.02. The van der Waals surface area contributed by atoms with Crippen molar-refractivity contribution in [3.05, 3.63) is 65.8 Å². The van der Waals surface area contributed by atoms with Gasteiger partial charge in [0.2, 0.25) is 0 Å². The number of fused-ring (bicyclic) bond motifs is 1. The molecule has 0 bridgehead atoms. The van der Waals surface area contributed by atoms with Crippen molar-refractivity contribution in [2.24, 2.45) is 0 Å². The van der Waals surface area contributed by atoms with Crippen molar-refractivity contribution >= 4 is 10.8 Å². The van der Waals surface area contributed by atoms with Gasteiger partial charge in [0, 0.05) is 5.39 Å². The highest BCUT2D eigenvalue weighted by Crippen LogP contribution is 2.33. The number of rotatable bonds is 4. The van der Waals surface area contributed by atoms with E-state index in [1.807, 2.05) is 32.0 Å². The predicted octanol–water partition coefficient (Wildman–Crippen LogP) is 4.78. The van der Waals surface area contributed by atoms with Crippen LogP contribution >= 0.6 is 0 Å². The second-order valence-corrected chi connectivity index (χ2v) is 5.36. The average molecular weight is 252 g/mol. The SMILES string of the molecule is C=C(C)Cc1cc(CC(=C)C)c2ccccc2c1O. The Labute approximate surface area is 114 Å². The zero-order valence-electron chi connectivity index (χ0n) is 11.7. The Balaban J connectivity index is 2.68. The van der Waals surface area contributed by atoms with Crippen LogP contribution in [0.15, 0.2) is 54.6 Å². The van der Waals surface area contributed by atoms with Crippen LogP contribution in [0.2, 0.25) is 0 Å². The molecule has 1 N–H and O–H groups in total. The molecule has 0 radical (unpaired) electrons. The van der Waals surface area contributed by atoms with E-state index in [4.69, 9.17) is 0 Å². The molecule has 0 spiro atoms. The molecular formula is C18H20O. The second-order valence-electron chi connectivity index (χ2n) is 5.36. The molecule has 0 aliphatic rings. The first-order valence-corrected chi connectivity index (χ1v) is 6.50. The third-order valence-electron chi connectivity index (χ3n) is 3.17. The summed E-state index contributed by atoms with van der Waals surface area (Å²) in [5.41, 5.74) is 4.34. The van der Waals surface area contributed by atoms with E-state index in [9.17, 15) is 5.11 Å². The molecule has 0 saturated carbocycles. The van der Waals surface area contributed by atoms with E-state index in [1.165, 1.54) is 5.56 Å². The van der Waals surface area contributed by atoms with Gasteiger partial charge in [0.05, 0.1) is 0 Å². The maximum atomic E-state index is 10.4. The zero-order chi connectivity index (χ0) is 14.0. The summed E-state index contributed by atoms with van der Waals surface area (Å²) in [4.78, 5) is 0. The van der Waals surface area contributed by atoms with E-state index in [-0.39, 0.29) is 0 Å². The second kappa shape index (κ2) is 5.31. The van der Waals surface area contributed by atoms with Crippen molar-refractivity contribution in [2.45, 2.75) is 26.7 Å². The van der Waals surface area contributed by atoms with Crippen LogP contribution in [0.4, 0.5) is 0 Å². The van der Waals surface area contributed by atoms with Gasteiger partial charge in [-0.2, -0.15) is 0 Å². The van der Waals surface area contributed by atoms with Gasteiger partial charge in [-0.05, 0) is 43.2 Å². The van der Waals surface area contributed by atoms with Gasteiger partial charge in [-0.25, -0.2) is 0 Å². The molecule has 0 aliphatic heterocycles. The lowest BCUT2D eigenvalue weighted by Crippen LogP contribution is -1.94. The van der Waals surface area contributed by atoms with Crippen LogP contribution in [-0.2, 0) is 12.8 Å². The fourth-order valence-electron chi connectivity index (χ4n) is 2.43. The lowest BCUT2D eigenvalue weighted by Gasteiger charge is -2.13. The van der Waals surface area contributed by atoms with Crippen LogP contribution in [0.5, 0.6) is 5.75 Å². The predicted molar refractivity (Wildman–Crippen MR) is 82.6 cm³/mol. The molecule has 0 aromatic heterocycles. The van der Waals surface area contributed by atoms with E-state index in [0.717, 1.165) is 33.9 Å². The third-order valence-corrected chi connectivity index (χ3v) is 3.17. The highest BCUT2D eigenvalue weighted by Gasteiger charge is 2.11. The summed E-state index contributed by atoms with van der Waals surface area (Å²) in [7, 11) is 0. The number of phenolic OH excluding ortho intramolecular Hbond substituents is 1. The largest absolute Gasteiger partial charge is 0.507 e. The standard InChI is InChI=1S/C18H20O/c1-12(2)9-14-11-15(10-13(3)4)18(19)17-8-6-5-7-16(14)17/h5-8,11,19H,1,3,9-10H2,2,4H3. The van der Waals surface area contributed by atoms with Crippen molar-refractivity contribution in [3.63, 3.8) is 0 Å². The normalized spacial score (nSPS) is 10.6. The van der Waals surface area contributed by atoms with Gasteiger partial charge in [-0.1, -0.05) is 54.6 Å². The molecule has 0 saturated heterocycles. The van der Waals surface area contributed by atoms with E-state index >= 15 is 0 Å². The third kappa shape index (κ3) is 2.87. The van der Waals surface area contributed by atoms with Crippen molar-refractivity contribution in [1.29, 1.82) is 0 Å². The minimum atomic E-state index is 0.379. The number of aromatic hydroxyl groups is 1. The topological polar surface area (TPSA) is 20.2 Å². The molecule has 0 unspecified atom stereocenters. The molecule has 19 heavy (non-hydrogen) atoms. The van der Waals surface area contributed by atoms with Gasteiger partial charge in [0.15, 0.2) is 0 Å². The Morgan fingerprint density at radius 2 is 1.47 bits per heavy atom. The van der Waals surface area contributed by atoms with Crippen LogP contribution in [0.3, 0.4) is 0 Å². The molecule has 0 heterocycles. The lowest BCUT2D eigenvalue weighted by molar-refractivity contribution is 0.475. The van der Waals surface area contributed by atoms with Crippen LogP contribution in [0.1, 0.15) is 25.0 Å². The number of benzene rings is 2. The zero-order valence-corrected chi connectivity index (χ0v) is 11.7. The minimum absolute atomic E-state index is 0.379. The monoisotopic (exact) mass is 252 g/mol. The number of hydrogen-bond acceptors (Lipinski definition) is 1. The Kier molecular flexibility index (Phi) is 3.75. The van der Waals surface area contributed by atoms with Crippen molar-refractivity contribution in [2.75, 3.05) is 0 Å². The van der Waals surface area contributed by atoms with E-state index in [2.05, 4.69) is 25.3 Å². The first-order valence-electron chi connectivity index (χ1n) is 6.50. The fourth-order valence-corrected chi connectivity index (χ4v) is 2.43. The molecule has 0 fully saturated rings. The molecule has 2 aromatic carbocycles. The van der Waals surface area contributed by atoms with Gasteiger partial charge in [0.25, 0.3) is 0 Å². The molecule has 1 heteroatoms. The highest BCUT2D eigenvalue weighted by molar-refractivity contribution is 5.92. The van der Waals surface area contributed by atoms with Crippen molar-refractivity contribution in [1.82, 2.24) is 0 Å². The van der Waals surface area contributed by atoms with E-state index < -0.39 is 0 Å². The summed E-state index contributed by atoms with van der Waals surface area (Å²) in [6.07, 6.45) is 1.55. The lowest BCUT2D eigenvalue weighted by atomic mass is 9.93. The van der Waals surface area contributed by atoms with Gasteiger partial charge in [-0.3, -0.25) is 0 Å². The highest BCUT2D eigenvalue weighted by atomic mass is 16.3. The molecule has 2 rings (SSSR count). The van der Waals surface area contributed by atoms with Crippen LogP contribution in [-0.4, -0.2) is 5.11 Å². The van der Waals surface area contributed by atoms with Gasteiger partial charge < -0.3 is 5.11 Å². The van der Waals surface area contributed by atoms with Crippen LogP contribution in [0.25, 0.3) is 10.8 Å². The maximum Gasteiger partial charge on any atom is 0.126 e. The van der Waals surface area contributed by atoms with Crippen LogP contribution < -0.4 is 0 Å². The summed E-state index contributed by atoms with van der Waals surface area (Å²) >= 11 is 0. The van der Waals surface area contributed by atoms with E-state index in [1.54, 1.807) is 0 Å². The van der Waals surface area contributed by atoms with Gasteiger partial charge in [0.1, 0.15) is 5.75 Å². The van der Waals surface area contributed by atoms with Crippen molar-refractivity contribution in [3.8, 4) is 5.75 Å². The Morgan fingerprint density at radius 1 is 0.947 bits per heavy atom. The number of allylic oxidation sites excluding steroid dienone is 2. The average Bonchev–Trinajstić information content (AvgIpc) is 2.34. The van der Waals surface area contributed by atoms with Crippen molar-refractivity contribution < 1.29 is 5.11 Å². The quantitative estimate of drug-likeness (QED) is 0.776. The van der Waals surface area contributed by atoms with Gasteiger partial charge >= 0.3 is 0 Å². The Bertz CT molecular complexity index is 650. The Morgan fingerprint density at radius 3 is 2.05 bits per heavy atom. The van der Waals surface area contributed by atoms with Crippen LogP contribution in [0, 0.1) is 0 Å². The molecule has 0 amide bonds. The van der Waals surface area contributed by atoms with Gasteiger partial charge in [-0.15, -0.1) is 0 Å². The molecule has 98 valence electrons. The molecule has 1 nitrogen and oxygen atoms in total.